The molecule has 0 aliphatic heterocycles. The van der Waals surface area contributed by atoms with Gasteiger partial charge in [-0.1, -0.05) is 48.5 Å². The molecule has 6 heteroatoms. The van der Waals surface area contributed by atoms with E-state index in [2.05, 4.69) is 10.3 Å². The number of carbonyl (C=O) groups excluding carboxylic acids is 2. The maximum atomic E-state index is 12.2. The summed E-state index contributed by atoms with van der Waals surface area (Å²) in [5.74, 6) is -1.23. The Bertz CT molecular complexity index is 1250. The number of amides is 1. The average molecular weight is 372 g/mol. The highest BCUT2D eigenvalue weighted by atomic mass is 16.5. The molecule has 0 saturated heterocycles. The molecule has 0 radical (unpaired) electrons. The minimum atomic E-state index is -0.768. The predicted molar refractivity (Wildman–Crippen MR) is 107 cm³/mol. The van der Waals surface area contributed by atoms with E-state index in [1.165, 1.54) is 6.07 Å². The zero-order valence-electron chi connectivity index (χ0n) is 14.8. The number of rotatable bonds is 4. The van der Waals surface area contributed by atoms with Gasteiger partial charge in [0.05, 0.1) is 0 Å². The van der Waals surface area contributed by atoms with Crippen LogP contribution in [0.1, 0.15) is 10.5 Å². The van der Waals surface area contributed by atoms with Crippen LogP contribution in [0.5, 0.6) is 0 Å². The van der Waals surface area contributed by atoms with E-state index >= 15 is 0 Å². The Morgan fingerprint density at radius 2 is 1.61 bits per heavy atom. The lowest BCUT2D eigenvalue weighted by molar-refractivity contribution is -0.119. The van der Waals surface area contributed by atoms with Crippen molar-refractivity contribution in [3.05, 3.63) is 88.7 Å². The quantitative estimate of drug-likeness (QED) is 0.537. The molecule has 0 aliphatic rings. The zero-order valence-corrected chi connectivity index (χ0v) is 14.8. The lowest BCUT2D eigenvalue weighted by Crippen LogP contribution is -2.22. The van der Waals surface area contributed by atoms with Crippen molar-refractivity contribution in [1.82, 2.24) is 4.98 Å². The smallest absolute Gasteiger partial charge is 0.355 e. The minimum absolute atomic E-state index is 0.00154. The van der Waals surface area contributed by atoms with Gasteiger partial charge in [-0.2, -0.15) is 0 Å². The first kappa shape index (κ1) is 17.5. The van der Waals surface area contributed by atoms with Crippen LogP contribution in [0.15, 0.2) is 77.6 Å². The molecule has 0 atom stereocenters. The van der Waals surface area contributed by atoms with Crippen molar-refractivity contribution in [2.45, 2.75) is 0 Å². The highest BCUT2D eigenvalue weighted by Crippen LogP contribution is 2.22. The second-order valence-corrected chi connectivity index (χ2v) is 6.24. The third kappa shape index (κ3) is 3.48. The molecule has 28 heavy (non-hydrogen) atoms. The molecule has 1 aromatic heterocycles. The highest BCUT2D eigenvalue weighted by Gasteiger charge is 2.13. The number of pyridine rings is 1. The lowest BCUT2D eigenvalue weighted by atomic mass is 10.1. The molecule has 0 unspecified atom stereocenters. The maximum absolute atomic E-state index is 12.2. The van der Waals surface area contributed by atoms with Gasteiger partial charge >= 0.3 is 5.97 Å². The van der Waals surface area contributed by atoms with Crippen molar-refractivity contribution in [2.24, 2.45) is 0 Å². The van der Waals surface area contributed by atoms with Crippen LogP contribution in [0.4, 0.5) is 5.69 Å². The Hall–Kier alpha value is -3.93. The van der Waals surface area contributed by atoms with E-state index in [0.29, 0.717) is 16.6 Å². The third-order valence-corrected chi connectivity index (χ3v) is 4.36. The van der Waals surface area contributed by atoms with Crippen LogP contribution in [0, 0.1) is 0 Å². The number of H-pyrrole nitrogens is 1. The summed E-state index contributed by atoms with van der Waals surface area (Å²) in [4.78, 5) is 39.4. The number of hydrogen-bond donors (Lipinski definition) is 2. The summed E-state index contributed by atoms with van der Waals surface area (Å²) in [7, 11) is 0. The first-order valence-corrected chi connectivity index (χ1v) is 8.68. The number of hydrogen-bond acceptors (Lipinski definition) is 4. The fourth-order valence-corrected chi connectivity index (χ4v) is 3.04. The van der Waals surface area contributed by atoms with Crippen molar-refractivity contribution in [3.63, 3.8) is 0 Å². The molecular formula is C22H16N2O4. The van der Waals surface area contributed by atoms with Gasteiger partial charge in [-0.15, -0.1) is 0 Å². The van der Waals surface area contributed by atoms with Gasteiger partial charge in [0.2, 0.25) is 0 Å². The lowest BCUT2D eigenvalue weighted by Gasteiger charge is -2.09. The number of para-hydroxylation sites is 1. The highest BCUT2D eigenvalue weighted by molar-refractivity contribution is 6.03. The molecule has 0 fully saturated rings. The van der Waals surface area contributed by atoms with Gasteiger partial charge in [0.25, 0.3) is 5.91 Å². The molecule has 0 spiro atoms. The van der Waals surface area contributed by atoms with Gasteiger partial charge in [-0.05, 0) is 23.6 Å². The summed E-state index contributed by atoms with van der Waals surface area (Å²) in [5.41, 5.74) is 0.878. The first-order valence-electron chi connectivity index (χ1n) is 8.68. The molecule has 0 saturated carbocycles. The number of aromatic nitrogens is 1. The van der Waals surface area contributed by atoms with E-state index in [0.717, 1.165) is 10.8 Å². The Morgan fingerprint density at radius 3 is 2.46 bits per heavy atom. The Morgan fingerprint density at radius 1 is 0.893 bits per heavy atom. The largest absolute Gasteiger partial charge is 0.451 e. The van der Waals surface area contributed by atoms with Crippen molar-refractivity contribution in [1.29, 1.82) is 0 Å². The molecule has 138 valence electrons. The fraction of sp³-hybridized carbons (Fsp3) is 0.0455. The molecule has 6 nitrogen and oxygen atoms in total. The van der Waals surface area contributed by atoms with E-state index in [1.807, 2.05) is 36.4 Å². The van der Waals surface area contributed by atoms with E-state index in [4.69, 9.17) is 4.74 Å². The standard InChI is InChI=1S/C22H16N2O4/c25-20-12-19(23-18-10-4-3-9-16(18)20)22(27)28-13-21(26)24-17-11-5-7-14-6-1-2-8-15(14)17/h1-12H,13H2,(H,23,25)(H,24,26). The Balaban J connectivity index is 1.46. The summed E-state index contributed by atoms with van der Waals surface area (Å²) in [5, 5.41) is 5.11. The van der Waals surface area contributed by atoms with Gasteiger partial charge in [-0.25, -0.2) is 4.79 Å². The topological polar surface area (TPSA) is 88.3 Å². The number of carbonyl (C=O) groups is 2. The van der Waals surface area contributed by atoms with E-state index in [9.17, 15) is 14.4 Å². The molecule has 0 aliphatic carbocycles. The third-order valence-electron chi connectivity index (χ3n) is 4.36. The monoisotopic (exact) mass is 372 g/mol. The summed E-state index contributed by atoms with van der Waals surface area (Å²) in [6.07, 6.45) is 0. The van der Waals surface area contributed by atoms with Crippen LogP contribution in [0.2, 0.25) is 0 Å². The van der Waals surface area contributed by atoms with Gasteiger partial charge in [0, 0.05) is 28.0 Å². The summed E-state index contributed by atoms with van der Waals surface area (Å²) >= 11 is 0. The Kier molecular flexibility index (Phi) is 4.60. The number of benzene rings is 3. The van der Waals surface area contributed by atoms with Crippen molar-refractivity contribution in [2.75, 3.05) is 11.9 Å². The van der Waals surface area contributed by atoms with Crippen LogP contribution in [-0.4, -0.2) is 23.5 Å². The van der Waals surface area contributed by atoms with Crippen LogP contribution in [0.3, 0.4) is 0 Å². The predicted octanol–water partition coefficient (Wildman–Crippen LogP) is 3.48. The molecule has 0 bridgehead atoms. The SMILES string of the molecule is O=C(COC(=O)c1cc(=O)c2ccccc2[nH]1)Nc1cccc2ccccc12. The number of aromatic amines is 1. The van der Waals surface area contributed by atoms with Gasteiger partial charge in [0.15, 0.2) is 12.0 Å². The molecule has 4 aromatic rings. The second kappa shape index (κ2) is 7.36. The zero-order chi connectivity index (χ0) is 19.5. The van der Waals surface area contributed by atoms with E-state index in [1.54, 1.807) is 30.3 Å². The molecule has 3 aromatic carbocycles. The minimum Gasteiger partial charge on any atom is -0.451 e. The molecular weight excluding hydrogens is 356 g/mol. The summed E-state index contributed by atoms with van der Waals surface area (Å²) in [6, 6.07) is 21.2. The average Bonchev–Trinajstić information content (AvgIpc) is 2.72. The van der Waals surface area contributed by atoms with Crippen LogP contribution < -0.4 is 10.7 Å². The van der Waals surface area contributed by atoms with E-state index < -0.39 is 18.5 Å². The molecule has 4 rings (SSSR count). The number of ether oxygens (including phenoxy) is 1. The normalized spacial score (nSPS) is 10.7. The number of fused-ring (bicyclic) bond motifs is 2. The van der Waals surface area contributed by atoms with Crippen molar-refractivity contribution >= 4 is 39.2 Å². The summed E-state index contributed by atoms with van der Waals surface area (Å²) in [6.45, 7) is -0.461. The Labute approximate surface area is 159 Å². The van der Waals surface area contributed by atoms with Crippen LogP contribution in [0.25, 0.3) is 21.7 Å². The summed E-state index contributed by atoms with van der Waals surface area (Å²) < 4.78 is 5.06. The van der Waals surface area contributed by atoms with Gasteiger partial charge in [0.1, 0.15) is 5.69 Å². The van der Waals surface area contributed by atoms with Gasteiger partial charge < -0.3 is 15.0 Å². The van der Waals surface area contributed by atoms with Crippen LogP contribution >= 0.6 is 0 Å². The molecule has 1 amide bonds. The number of nitrogens with one attached hydrogen (secondary N) is 2. The van der Waals surface area contributed by atoms with Crippen molar-refractivity contribution < 1.29 is 14.3 Å². The van der Waals surface area contributed by atoms with Gasteiger partial charge in [-0.3, -0.25) is 9.59 Å². The maximum Gasteiger partial charge on any atom is 0.355 e. The molecule has 2 N–H and O–H groups in total. The van der Waals surface area contributed by atoms with E-state index in [-0.39, 0.29) is 11.1 Å². The number of esters is 1. The van der Waals surface area contributed by atoms with Crippen LogP contribution in [-0.2, 0) is 9.53 Å². The second-order valence-electron chi connectivity index (χ2n) is 6.24. The fourth-order valence-electron chi connectivity index (χ4n) is 3.04. The molecule has 1 heterocycles. The van der Waals surface area contributed by atoms with Crippen molar-refractivity contribution in [3.8, 4) is 0 Å². The first-order chi connectivity index (χ1) is 13.6. The number of anilines is 1.